The molecule has 5 fully saturated rings. The quantitative estimate of drug-likeness (QED) is 0.209. The van der Waals surface area contributed by atoms with Gasteiger partial charge in [-0.05, 0) is 165 Å². The van der Waals surface area contributed by atoms with Gasteiger partial charge in [0.15, 0.2) is 9.84 Å². The molecule has 1 saturated heterocycles. The molecule has 0 radical (unpaired) electrons. The summed E-state index contributed by atoms with van der Waals surface area (Å²) < 4.78 is 38.2. The summed E-state index contributed by atoms with van der Waals surface area (Å²) in [6, 6.07) is 0. The fourth-order valence-electron chi connectivity index (χ4n) is 15.7. The fourth-order valence-corrected chi connectivity index (χ4v) is 17.0. The summed E-state index contributed by atoms with van der Waals surface area (Å²) in [5.74, 6) is 2.51. The summed E-state index contributed by atoms with van der Waals surface area (Å²) in [4.78, 5) is 29.4. The van der Waals surface area contributed by atoms with Crippen LogP contribution in [0.2, 0.25) is 0 Å². The zero-order valence-electron chi connectivity index (χ0n) is 36.6. The van der Waals surface area contributed by atoms with Crippen LogP contribution in [0.15, 0.2) is 35.5 Å². The van der Waals surface area contributed by atoms with E-state index in [9.17, 15) is 27.5 Å². The molecule has 0 aromatic heterocycles. The standard InChI is InChI=1S/C48H75FN2O5S/c1-33(2)36-14-21-48(32-51(34(3)52)25-9-24-50-26-28-57(55,56)29-27-50)23-22-45(7)38(42(36)48)10-11-40-44(6)17-15-37(43(4,5)39(44)16-18-46(40,45)8)35-12-19-47(31-49,20-13-35)30-41(53)54/h12,15,36,38-40,42H,1,9-11,13-14,16-32H2,2-8H3,(H,53,54)/t36-,38+,39-,40+,42+,44-,45+,46-,47-,48+/m0/s1. The van der Waals surface area contributed by atoms with Gasteiger partial charge in [-0.1, -0.05) is 58.9 Å². The summed E-state index contributed by atoms with van der Waals surface area (Å²) in [6.07, 6.45) is 18.1. The van der Waals surface area contributed by atoms with E-state index in [2.05, 4.69) is 70.1 Å². The van der Waals surface area contributed by atoms with Crippen molar-refractivity contribution in [2.45, 2.75) is 138 Å². The van der Waals surface area contributed by atoms with Gasteiger partial charge in [-0.15, -0.1) is 0 Å². The van der Waals surface area contributed by atoms with Crippen molar-refractivity contribution >= 4 is 21.7 Å². The Morgan fingerprint density at radius 3 is 2.25 bits per heavy atom. The van der Waals surface area contributed by atoms with Crippen LogP contribution < -0.4 is 0 Å². The minimum absolute atomic E-state index is 0.0134. The van der Waals surface area contributed by atoms with Gasteiger partial charge in [0.2, 0.25) is 5.91 Å². The van der Waals surface area contributed by atoms with Crippen molar-refractivity contribution in [3.05, 3.63) is 35.5 Å². The van der Waals surface area contributed by atoms with Crippen LogP contribution in [0.5, 0.6) is 0 Å². The van der Waals surface area contributed by atoms with Crippen LogP contribution in [0.3, 0.4) is 0 Å². The van der Waals surface area contributed by atoms with Gasteiger partial charge in [0, 0.05) is 38.5 Å². The second kappa shape index (κ2) is 15.2. The highest BCUT2D eigenvalue weighted by atomic mass is 32.2. The molecule has 1 N–H and O–H groups in total. The van der Waals surface area contributed by atoms with Crippen LogP contribution in [0.25, 0.3) is 0 Å². The largest absolute Gasteiger partial charge is 0.481 e. The van der Waals surface area contributed by atoms with Crippen molar-refractivity contribution in [1.82, 2.24) is 9.80 Å². The smallest absolute Gasteiger partial charge is 0.304 e. The second-order valence-electron chi connectivity index (χ2n) is 22.0. The molecule has 0 bridgehead atoms. The van der Waals surface area contributed by atoms with Crippen molar-refractivity contribution in [1.29, 1.82) is 0 Å². The predicted molar refractivity (Wildman–Crippen MR) is 227 cm³/mol. The van der Waals surface area contributed by atoms with Crippen LogP contribution in [0.4, 0.5) is 4.39 Å². The number of carbonyl (C=O) groups excluding carboxylic acids is 1. The Hall–Kier alpha value is -2.00. The van der Waals surface area contributed by atoms with Gasteiger partial charge in [-0.2, -0.15) is 0 Å². The summed E-state index contributed by atoms with van der Waals surface area (Å²) in [5.41, 5.74) is 4.00. The van der Waals surface area contributed by atoms with Gasteiger partial charge in [0.05, 0.1) is 24.6 Å². The number of aliphatic carboxylic acids is 1. The second-order valence-corrected chi connectivity index (χ2v) is 24.3. The third-order valence-electron chi connectivity index (χ3n) is 19.0. The number of hydrogen-bond acceptors (Lipinski definition) is 5. The van der Waals surface area contributed by atoms with Gasteiger partial charge in [0.25, 0.3) is 0 Å². The number of nitrogens with zero attached hydrogens (tertiary/aromatic N) is 2. The molecule has 9 heteroatoms. The molecule has 7 rings (SSSR count). The lowest BCUT2D eigenvalue weighted by Gasteiger charge is -2.72. The number of fused-ring (bicyclic) bond motifs is 7. The molecule has 0 spiro atoms. The van der Waals surface area contributed by atoms with E-state index in [1.165, 1.54) is 55.2 Å². The SMILES string of the molecule is C=C(C)[C@@H]1CC[C@]2(CN(CCCN3CCS(=O)(=O)CC3)C(C)=O)CC[C@]3(C)[C@H](CC[C@@H]4[C@@]5(C)CC=C(C6=CC[C@@](CF)(CC(=O)O)CC6)C(C)(C)[C@@H]5CC[C@@]43C)[C@@H]12. The maximum absolute atomic E-state index is 14.3. The number of carboxylic acids is 1. The molecule has 6 aliphatic carbocycles. The van der Waals surface area contributed by atoms with E-state index >= 15 is 0 Å². The fraction of sp³-hybridized carbons (Fsp3) is 0.833. The van der Waals surface area contributed by atoms with E-state index in [0.717, 1.165) is 51.7 Å². The van der Waals surface area contributed by atoms with Gasteiger partial charge in [0.1, 0.15) is 0 Å². The highest BCUT2D eigenvalue weighted by molar-refractivity contribution is 7.91. The molecule has 1 aliphatic heterocycles. The topological polar surface area (TPSA) is 95.0 Å². The van der Waals surface area contributed by atoms with Gasteiger partial charge in [-0.25, -0.2) is 8.42 Å². The first-order chi connectivity index (χ1) is 26.7. The normalized spacial score (nSPS) is 42.4. The number of sulfone groups is 1. The Morgan fingerprint density at radius 1 is 0.912 bits per heavy atom. The number of allylic oxidation sites excluding steroid dienone is 5. The first kappa shape index (κ1) is 43.1. The van der Waals surface area contributed by atoms with E-state index < -0.39 is 27.9 Å². The summed E-state index contributed by atoms with van der Waals surface area (Å²) >= 11 is 0. The van der Waals surface area contributed by atoms with Crippen molar-refractivity contribution in [3.8, 4) is 0 Å². The van der Waals surface area contributed by atoms with Crippen LogP contribution in [-0.2, 0) is 19.4 Å². The van der Waals surface area contributed by atoms with Crippen molar-refractivity contribution in [2.24, 2.45) is 62.1 Å². The molecule has 7 nitrogen and oxygen atoms in total. The number of halogens is 1. The molecule has 1 heterocycles. The van der Waals surface area contributed by atoms with Gasteiger partial charge < -0.3 is 14.9 Å². The summed E-state index contributed by atoms with van der Waals surface area (Å²) in [5, 5.41) is 9.52. The van der Waals surface area contributed by atoms with Crippen LogP contribution in [-0.4, -0.2) is 86.1 Å². The maximum Gasteiger partial charge on any atom is 0.304 e. The monoisotopic (exact) mass is 811 g/mol. The highest BCUT2D eigenvalue weighted by Gasteiger charge is 2.70. The van der Waals surface area contributed by atoms with Crippen LogP contribution in [0.1, 0.15) is 138 Å². The van der Waals surface area contributed by atoms with Gasteiger partial charge >= 0.3 is 5.97 Å². The zero-order valence-corrected chi connectivity index (χ0v) is 37.4. The molecule has 0 aromatic carbocycles. The maximum atomic E-state index is 14.3. The Kier molecular flexibility index (Phi) is 11.5. The lowest BCUT2D eigenvalue weighted by atomic mass is 9.32. The van der Waals surface area contributed by atoms with Crippen LogP contribution in [0, 0.1) is 62.1 Å². The molecule has 0 unspecified atom stereocenters. The zero-order chi connectivity index (χ0) is 41.4. The van der Waals surface area contributed by atoms with E-state index in [1.807, 2.05) is 0 Å². The molecular formula is C48H75FN2O5S. The van der Waals surface area contributed by atoms with E-state index in [1.54, 1.807) is 6.92 Å². The highest BCUT2D eigenvalue weighted by Crippen LogP contribution is 2.77. The predicted octanol–water partition coefficient (Wildman–Crippen LogP) is 9.69. The Balaban J connectivity index is 1.12. The number of hydrogen-bond donors (Lipinski definition) is 1. The molecule has 320 valence electrons. The van der Waals surface area contributed by atoms with Crippen molar-refractivity contribution in [3.63, 3.8) is 0 Å². The van der Waals surface area contributed by atoms with E-state index in [4.69, 9.17) is 0 Å². The van der Waals surface area contributed by atoms with Crippen LogP contribution >= 0.6 is 0 Å². The Bertz CT molecular complexity index is 1770. The Morgan fingerprint density at radius 2 is 1.63 bits per heavy atom. The molecule has 0 aromatic rings. The van der Waals surface area contributed by atoms with Crippen molar-refractivity contribution < 1.29 is 27.5 Å². The average Bonchev–Trinajstić information content (AvgIpc) is 3.52. The number of rotatable bonds is 11. The molecular weight excluding hydrogens is 736 g/mol. The number of amides is 1. The number of carbonyl (C=O) groups is 2. The lowest BCUT2D eigenvalue weighted by Crippen LogP contribution is -2.66. The Labute approximate surface area is 344 Å². The first-order valence-corrected chi connectivity index (χ1v) is 24.5. The molecule has 7 aliphatic rings. The average molecular weight is 811 g/mol. The molecule has 10 atom stereocenters. The summed E-state index contributed by atoms with van der Waals surface area (Å²) in [7, 11) is -2.91. The molecule has 57 heavy (non-hydrogen) atoms. The minimum atomic E-state index is -2.91. The van der Waals surface area contributed by atoms with Gasteiger partial charge in [-0.3, -0.25) is 14.0 Å². The molecule has 4 saturated carbocycles. The first-order valence-electron chi connectivity index (χ1n) is 22.7. The van der Waals surface area contributed by atoms with E-state index in [-0.39, 0.29) is 50.9 Å². The third kappa shape index (κ3) is 7.24. The number of carboxylic acid groups (broad SMARTS) is 1. The third-order valence-corrected chi connectivity index (χ3v) is 20.6. The van der Waals surface area contributed by atoms with E-state index in [0.29, 0.717) is 55.5 Å². The number of alkyl halides is 1. The summed E-state index contributed by atoms with van der Waals surface area (Å²) in [6.45, 7) is 24.6. The molecule has 1 amide bonds. The minimum Gasteiger partial charge on any atom is -0.481 e. The lowest BCUT2D eigenvalue weighted by molar-refractivity contribution is -0.228. The van der Waals surface area contributed by atoms with Crippen molar-refractivity contribution in [2.75, 3.05) is 50.9 Å².